The SMILES string of the molecule is C/C=C/c1sc(-c2ccc(OC)cc2OC)c2c1OCCO2. The van der Waals surface area contributed by atoms with E-state index >= 15 is 0 Å². The maximum absolute atomic E-state index is 5.86. The van der Waals surface area contributed by atoms with E-state index in [0.717, 1.165) is 38.3 Å². The Kier molecular flexibility index (Phi) is 4.24. The molecule has 2 heterocycles. The summed E-state index contributed by atoms with van der Waals surface area (Å²) >= 11 is 1.64. The molecule has 0 spiro atoms. The van der Waals surface area contributed by atoms with Gasteiger partial charge in [-0.25, -0.2) is 0 Å². The van der Waals surface area contributed by atoms with Crippen LogP contribution in [-0.4, -0.2) is 27.4 Å². The molecule has 0 atom stereocenters. The highest BCUT2D eigenvalue weighted by molar-refractivity contribution is 7.17. The molecule has 116 valence electrons. The highest BCUT2D eigenvalue weighted by Gasteiger charge is 2.25. The van der Waals surface area contributed by atoms with Crippen LogP contribution in [0.2, 0.25) is 0 Å². The first-order chi connectivity index (χ1) is 10.8. The van der Waals surface area contributed by atoms with Crippen LogP contribution < -0.4 is 18.9 Å². The van der Waals surface area contributed by atoms with Crippen LogP contribution in [-0.2, 0) is 0 Å². The van der Waals surface area contributed by atoms with Crippen LogP contribution in [0, 0.1) is 0 Å². The van der Waals surface area contributed by atoms with E-state index in [9.17, 15) is 0 Å². The van der Waals surface area contributed by atoms with Gasteiger partial charge in [-0.3, -0.25) is 0 Å². The number of methoxy groups -OCH3 is 2. The molecule has 0 saturated carbocycles. The number of hydrogen-bond acceptors (Lipinski definition) is 5. The summed E-state index contributed by atoms with van der Waals surface area (Å²) in [5.74, 6) is 3.14. The van der Waals surface area contributed by atoms with E-state index in [1.165, 1.54) is 0 Å². The van der Waals surface area contributed by atoms with Crippen molar-refractivity contribution in [2.75, 3.05) is 27.4 Å². The van der Waals surface area contributed by atoms with Crippen LogP contribution >= 0.6 is 11.3 Å². The third-order valence-corrected chi connectivity index (χ3v) is 4.55. The number of fused-ring (bicyclic) bond motifs is 1. The first-order valence-corrected chi connectivity index (χ1v) is 7.87. The topological polar surface area (TPSA) is 36.9 Å². The highest BCUT2D eigenvalue weighted by atomic mass is 32.1. The van der Waals surface area contributed by atoms with Crippen LogP contribution in [0.5, 0.6) is 23.0 Å². The van der Waals surface area contributed by atoms with Gasteiger partial charge in [0.15, 0.2) is 11.5 Å². The van der Waals surface area contributed by atoms with E-state index in [1.807, 2.05) is 37.3 Å². The molecule has 3 rings (SSSR count). The van der Waals surface area contributed by atoms with Crippen molar-refractivity contribution in [2.45, 2.75) is 6.92 Å². The summed E-state index contributed by atoms with van der Waals surface area (Å²) < 4.78 is 22.4. The lowest BCUT2D eigenvalue weighted by atomic mass is 10.1. The molecule has 0 saturated heterocycles. The summed E-state index contributed by atoms with van der Waals surface area (Å²) in [6.45, 7) is 3.13. The number of allylic oxidation sites excluding steroid dienone is 1. The molecule has 0 unspecified atom stereocenters. The first kappa shape index (κ1) is 14.8. The Hall–Kier alpha value is -2.14. The summed E-state index contributed by atoms with van der Waals surface area (Å²) in [5, 5.41) is 0. The van der Waals surface area contributed by atoms with E-state index in [2.05, 4.69) is 0 Å². The van der Waals surface area contributed by atoms with Gasteiger partial charge in [0.2, 0.25) is 0 Å². The Labute approximate surface area is 133 Å². The fourth-order valence-corrected chi connectivity index (χ4v) is 3.59. The molecule has 1 aromatic heterocycles. The minimum Gasteiger partial charge on any atom is -0.497 e. The van der Waals surface area contributed by atoms with Crippen molar-refractivity contribution in [3.8, 4) is 33.4 Å². The maximum Gasteiger partial charge on any atom is 0.180 e. The Morgan fingerprint density at radius 3 is 2.55 bits per heavy atom. The van der Waals surface area contributed by atoms with Gasteiger partial charge in [-0.05, 0) is 25.1 Å². The van der Waals surface area contributed by atoms with Crippen LogP contribution in [0.4, 0.5) is 0 Å². The minimum atomic E-state index is 0.560. The second kappa shape index (κ2) is 6.32. The number of ether oxygens (including phenoxy) is 4. The zero-order valence-corrected chi connectivity index (χ0v) is 13.7. The van der Waals surface area contributed by atoms with Crippen molar-refractivity contribution in [1.29, 1.82) is 0 Å². The maximum atomic E-state index is 5.86. The average Bonchev–Trinajstić information content (AvgIpc) is 2.93. The molecule has 0 aliphatic carbocycles. The molecule has 0 fully saturated rings. The summed E-state index contributed by atoms with van der Waals surface area (Å²) in [7, 11) is 3.30. The number of rotatable bonds is 4. The molecule has 1 aromatic carbocycles. The Morgan fingerprint density at radius 2 is 1.86 bits per heavy atom. The molecule has 22 heavy (non-hydrogen) atoms. The van der Waals surface area contributed by atoms with Crippen LogP contribution in [0.3, 0.4) is 0 Å². The van der Waals surface area contributed by atoms with Crippen molar-refractivity contribution < 1.29 is 18.9 Å². The Balaban J connectivity index is 2.16. The Bertz CT molecular complexity index is 703. The lowest BCUT2D eigenvalue weighted by Crippen LogP contribution is -2.14. The smallest absolute Gasteiger partial charge is 0.180 e. The van der Waals surface area contributed by atoms with Crippen molar-refractivity contribution in [2.24, 2.45) is 0 Å². The quantitative estimate of drug-likeness (QED) is 0.845. The van der Waals surface area contributed by atoms with Gasteiger partial charge in [-0.15, -0.1) is 11.3 Å². The molecule has 0 amide bonds. The molecule has 1 aliphatic rings. The van der Waals surface area contributed by atoms with E-state index in [0.29, 0.717) is 13.2 Å². The summed E-state index contributed by atoms with van der Waals surface area (Å²) in [4.78, 5) is 2.08. The molecule has 1 aliphatic heterocycles. The summed E-state index contributed by atoms with van der Waals surface area (Å²) in [6.07, 6.45) is 4.04. The second-order valence-electron chi connectivity index (χ2n) is 4.72. The first-order valence-electron chi connectivity index (χ1n) is 7.06. The predicted molar refractivity (Wildman–Crippen MR) is 88.6 cm³/mol. The zero-order valence-electron chi connectivity index (χ0n) is 12.8. The monoisotopic (exact) mass is 318 g/mol. The van der Waals surface area contributed by atoms with Gasteiger partial charge in [-0.1, -0.05) is 6.08 Å². The molecular formula is C17H18O4S. The van der Waals surface area contributed by atoms with Crippen LogP contribution in [0.15, 0.2) is 24.3 Å². The standard InChI is InChI=1S/C17H18O4S/c1-4-5-14-15-16(21-9-8-20-15)17(22-14)12-7-6-11(18-2)10-13(12)19-3/h4-7,10H,8-9H2,1-3H3/b5-4+. The molecule has 0 bridgehead atoms. The predicted octanol–water partition coefficient (Wildman–Crippen LogP) is 4.24. The summed E-state index contributed by atoms with van der Waals surface area (Å²) in [5.41, 5.74) is 0.978. The molecule has 0 N–H and O–H groups in total. The zero-order chi connectivity index (χ0) is 15.5. The third kappa shape index (κ3) is 2.52. The normalized spacial score (nSPS) is 13.4. The van der Waals surface area contributed by atoms with Gasteiger partial charge in [-0.2, -0.15) is 0 Å². The molecule has 0 radical (unpaired) electrons. The van der Waals surface area contributed by atoms with E-state index in [4.69, 9.17) is 18.9 Å². The van der Waals surface area contributed by atoms with Gasteiger partial charge in [0.1, 0.15) is 24.7 Å². The van der Waals surface area contributed by atoms with E-state index in [1.54, 1.807) is 25.6 Å². The van der Waals surface area contributed by atoms with Crippen molar-refractivity contribution >= 4 is 17.4 Å². The minimum absolute atomic E-state index is 0.560. The van der Waals surface area contributed by atoms with Gasteiger partial charge in [0.25, 0.3) is 0 Å². The lowest BCUT2D eigenvalue weighted by molar-refractivity contribution is 0.174. The average molecular weight is 318 g/mol. The van der Waals surface area contributed by atoms with Gasteiger partial charge in [0, 0.05) is 11.6 Å². The largest absolute Gasteiger partial charge is 0.497 e. The number of benzene rings is 1. The fraction of sp³-hybridized carbons (Fsp3) is 0.294. The molecular weight excluding hydrogens is 300 g/mol. The van der Waals surface area contributed by atoms with Crippen molar-refractivity contribution in [3.63, 3.8) is 0 Å². The van der Waals surface area contributed by atoms with Gasteiger partial charge in [0.05, 0.1) is 24.0 Å². The summed E-state index contributed by atoms with van der Waals surface area (Å²) in [6, 6.07) is 5.78. The van der Waals surface area contributed by atoms with Crippen molar-refractivity contribution in [1.82, 2.24) is 0 Å². The number of thiophene rings is 1. The fourth-order valence-electron chi connectivity index (χ4n) is 2.40. The van der Waals surface area contributed by atoms with Crippen LogP contribution in [0.25, 0.3) is 16.5 Å². The highest BCUT2D eigenvalue weighted by Crippen LogP contribution is 2.52. The molecule has 2 aromatic rings. The third-order valence-electron chi connectivity index (χ3n) is 3.40. The van der Waals surface area contributed by atoms with Crippen LogP contribution in [0.1, 0.15) is 11.8 Å². The van der Waals surface area contributed by atoms with Gasteiger partial charge >= 0.3 is 0 Å². The molecule has 5 heteroatoms. The van der Waals surface area contributed by atoms with Crippen molar-refractivity contribution in [3.05, 3.63) is 29.2 Å². The van der Waals surface area contributed by atoms with E-state index < -0.39 is 0 Å². The second-order valence-corrected chi connectivity index (χ2v) is 5.77. The van der Waals surface area contributed by atoms with E-state index in [-0.39, 0.29) is 0 Å². The Morgan fingerprint density at radius 1 is 1.09 bits per heavy atom. The molecule has 4 nitrogen and oxygen atoms in total. The lowest BCUT2D eigenvalue weighted by Gasteiger charge is -2.17. The number of hydrogen-bond donors (Lipinski definition) is 0. The van der Waals surface area contributed by atoms with Gasteiger partial charge < -0.3 is 18.9 Å².